The highest BCUT2D eigenvalue weighted by atomic mass is 32.2. The van der Waals surface area contributed by atoms with Gasteiger partial charge in [-0.15, -0.1) is 0 Å². The molecule has 5 heteroatoms. The number of aliphatic hydroxyl groups excluding tert-OH is 1. The van der Waals surface area contributed by atoms with Crippen LogP contribution in [0.1, 0.15) is 19.3 Å². The lowest BCUT2D eigenvalue weighted by atomic mass is 10.2. The van der Waals surface area contributed by atoms with E-state index in [9.17, 15) is 13.2 Å². The number of aliphatic hydroxyl groups is 1. The number of ketones is 1. The van der Waals surface area contributed by atoms with E-state index in [-0.39, 0.29) is 23.7 Å². The Bertz CT molecular complexity index is 451. The largest absolute Gasteiger partial charge is 0.396 e. The average molecular weight is 256 g/mol. The summed E-state index contributed by atoms with van der Waals surface area (Å²) < 4.78 is 23.6. The molecule has 0 fully saturated rings. The third kappa shape index (κ3) is 4.66. The normalized spacial score (nSPS) is 11.4. The van der Waals surface area contributed by atoms with Crippen LogP contribution in [0.3, 0.4) is 0 Å². The van der Waals surface area contributed by atoms with Crippen molar-refractivity contribution in [1.82, 2.24) is 0 Å². The minimum atomic E-state index is -3.51. The standard InChI is InChI=1S/C12H16O4S/c13-9-5-4-6-11(14)10-17(15,16)12-7-2-1-3-8-12/h1-3,7-8,13H,4-6,9-10H2. The molecule has 0 unspecified atom stereocenters. The minimum absolute atomic E-state index is 0.0265. The van der Waals surface area contributed by atoms with E-state index in [1.165, 1.54) is 12.1 Å². The predicted octanol–water partition coefficient (Wildman–Crippen LogP) is 1.19. The Hall–Kier alpha value is -1.20. The molecule has 1 rings (SSSR count). The van der Waals surface area contributed by atoms with Crippen molar-refractivity contribution in [3.05, 3.63) is 30.3 Å². The van der Waals surface area contributed by atoms with Gasteiger partial charge in [0.05, 0.1) is 4.90 Å². The fourth-order valence-electron chi connectivity index (χ4n) is 1.43. The van der Waals surface area contributed by atoms with E-state index in [0.29, 0.717) is 12.8 Å². The SMILES string of the molecule is O=C(CCCCO)CS(=O)(=O)c1ccccc1. The molecule has 0 amide bonds. The Morgan fingerprint density at radius 1 is 1.12 bits per heavy atom. The van der Waals surface area contributed by atoms with Crippen molar-refractivity contribution >= 4 is 15.6 Å². The van der Waals surface area contributed by atoms with Crippen molar-refractivity contribution in [1.29, 1.82) is 0 Å². The van der Waals surface area contributed by atoms with Crippen molar-refractivity contribution in [2.45, 2.75) is 24.2 Å². The van der Waals surface area contributed by atoms with Crippen LogP contribution in [0.4, 0.5) is 0 Å². The second-order valence-corrected chi connectivity index (χ2v) is 5.78. The van der Waals surface area contributed by atoms with Crippen LogP contribution in [0.5, 0.6) is 0 Å². The molecular formula is C12H16O4S. The molecule has 0 aliphatic carbocycles. The van der Waals surface area contributed by atoms with Gasteiger partial charge in [0.25, 0.3) is 0 Å². The highest BCUT2D eigenvalue weighted by molar-refractivity contribution is 7.92. The molecule has 0 bridgehead atoms. The number of carbonyl (C=O) groups is 1. The molecule has 0 saturated heterocycles. The summed E-state index contributed by atoms with van der Waals surface area (Å²) in [7, 11) is -3.51. The molecule has 0 spiro atoms. The molecule has 0 aliphatic rings. The second kappa shape index (κ2) is 6.51. The van der Waals surface area contributed by atoms with Gasteiger partial charge in [0.1, 0.15) is 11.5 Å². The van der Waals surface area contributed by atoms with Gasteiger partial charge in [-0.05, 0) is 25.0 Å². The Kier molecular flexibility index (Phi) is 5.31. The van der Waals surface area contributed by atoms with Gasteiger partial charge in [0, 0.05) is 13.0 Å². The molecule has 0 heterocycles. The summed E-state index contributed by atoms with van der Waals surface area (Å²) in [6.45, 7) is 0.0265. The topological polar surface area (TPSA) is 71.4 Å². The van der Waals surface area contributed by atoms with E-state index >= 15 is 0 Å². The van der Waals surface area contributed by atoms with Gasteiger partial charge in [-0.25, -0.2) is 8.42 Å². The van der Waals surface area contributed by atoms with Crippen LogP contribution in [0.15, 0.2) is 35.2 Å². The van der Waals surface area contributed by atoms with E-state index in [4.69, 9.17) is 5.11 Å². The smallest absolute Gasteiger partial charge is 0.185 e. The molecule has 1 aromatic rings. The first kappa shape index (κ1) is 13.9. The maximum atomic E-state index is 11.8. The Morgan fingerprint density at radius 3 is 2.35 bits per heavy atom. The average Bonchev–Trinajstić information content (AvgIpc) is 2.30. The Balaban J connectivity index is 2.59. The first-order valence-corrected chi connectivity index (χ1v) is 7.12. The van der Waals surface area contributed by atoms with Crippen LogP contribution in [-0.2, 0) is 14.6 Å². The number of sulfone groups is 1. The zero-order chi connectivity index (χ0) is 12.7. The summed E-state index contributed by atoms with van der Waals surface area (Å²) >= 11 is 0. The molecule has 94 valence electrons. The number of unbranched alkanes of at least 4 members (excludes halogenated alkanes) is 1. The number of hydrogen-bond acceptors (Lipinski definition) is 4. The lowest BCUT2D eigenvalue weighted by Gasteiger charge is -2.03. The summed E-state index contributed by atoms with van der Waals surface area (Å²) in [5.74, 6) is -0.759. The van der Waals surface area contributed by atoms with Crippen LogP contribution in [0, 0.1) is 0 Å². The van der Waals surface area contributed by atoms with Gasteiger partial charge in [-0.3, -0.25) is 4.79 Å². The highest BCUT2D eigenvalue weighted by Crippen LogP contribution is 2.11. The number of Topliss-reactive ketones (excluding diaryl/α,β-unsaturated/α-hetero) is 1. The minimum Gasteiger partial charge on any atom is -0.396 e. The lowest BCUT2D eigenvalue weighted by Crippen LogP contribution is -2.16. The van der Waals surface area contributed by atoms with E-state index in [1.54, 1.807) is 18.2 Å². The molecular weight excluding hydrogens is 240 g/mol. The molecule has 1 aromatic carbocycles. The number of hydrogen-bond donors (Lipinski definition) is 1. The molecule has 0 aliphatic heterocycles. The molecule has 0 saturated carbocycles. The molecule has 0 atom stereocenters. The summed E-state index contributed by atoms with van der Waals surface area (Å²) in [5, 5.41) is 8.56. The van der Waals surface area contributed by atoms with E-state index in [0.717, 1.165) is 0 Å². The maximum Gasteiger partial charge on any atom is 0.185 e. The molecule has 4 nitrogen and oxygen atoms in total. The lowest BCUT2D eigenvalue weighted by molar-refractivity contribution is -0.116. The fraction of sp³-hybridized carbons (Fsp3) is 0.417. The number of rotatable bonds is 7. The maximum absolute atomic E-state index is 11.8. The van der Waals surface area contributed by atoms with E-state index in [2.05, 4.69) is 0 Å². The van der Waals surface area contributed by atoms with E-state index in [1.807, 2.05) is 0 Å². The summed E-state index contributed by atoms with van der Waals surface area (Å²) in [4.78, 5) is 11.6. The van der Waals surface area contributed by atoms with Crippen molar-refractivity contribution in [2.24, 2.45) is 0 Å². The molecule has 0 radical (unpaired) electrons. The number of benzene rings is 1. The summed E-state index contributed by atoms with van der Waals surface area (Å²) in [6.07, 6.45) is 1.25. The van der Waals surface area contributed by atoms with Crippen molar-refractivity contribution in [2.75, 3.05) is 12.4 Å². The van der Waals surface area contributed by atoms with Crippen molar-refractivity contribution in [3.63, 3.8) is 0 Å². The van der Waals surface area contributed by atoms with E-state index < -0.39 is 15.6 Å². The quantitative estimate of drug-likeness (QED) is 0.744. The number of carbonyl (C=O) groups excluding carboxylic acids is 1. The van der Waals surface area contributed by atoms with Crippen LogP contribution < -0.4 is 0 Å². The van der Waals surface area contributed by atoms with Gasteiger partial charge in [0.15, 0.2) is 9.84 Å². The Morgan fingerprint density at radius 2 is 1.76 bits per heavy atom. The van der Waals surface area contributed by atoms with Gasteiger partial charge in [-0.1, -0.05) is 18.2 Å². The van der Waals surface area contributed by atoms with Crippen LogP contribution >= 0.6 is 0 Å². The summed E-state index contributed by atoms with van der Waals surface area (Å²) in [5.41, 5.74) is 0. The molecule has 1 N–H and O–H groups in total. The Labute approximate surface area is 101 Å². The van der Waals surface area contributed by atoms with Crippen molar-refractivity contribution < 1.29 is 18.3 Å². The first-order valence-electron chi connectivity index (χ1n) is 5.46. The van der Waals surface area contributed by atoms with Gasteiger partial charge < -0.3 is 5.11 Å². The third-order valence-corrected chi connectivity index (χ3v) is 4.01. The van der Waals surface area contributed by atoms with Gasteiger partial charge in [0.2, 0.25) is 0 Å². The predicted molar refractivity (Wildman–Crippen MR) is 64.4 cm³/mol. The summed E-state index contributed by atoms with van der Waals surface area (Å²) in [6, 6.07) is 7.95. The second-order valence-electron chi connectivity index (χ2n) is 3.79. The molecule has 17 heavy (non-hydrogen) atoms. The van der Waals surface area contributed by atoms with Crippen LogP contribution in [-0.4, -0.2) is 31.7 Å². The van der Waals surface area contributed by atoms with Crippen LogP contribution in [0.25, 0.3) is 0 Å². The monoisotopic (exact) mass is 256 g/mol. The van der Waals surface area contributed by atoms with Crippen LogP contribution in [0.2, 0.25) is 0 Å². The van der Waals surface area contributed by atoms with Gasteiger partial charge in [-0.2, -0.15) is 0 Å². The van der Waals surface area contributed by atoms with Gasteiger partial charge >= 0.3 is 0 Å². The zero-order valence-electron chi connectivity index (χ0n) is 9.50. The highest BCUT2D eigenvalue weighted by Gasteiger charge is 2.18. The third-order valence-electron chi connectivity index (χ3n) is 2.32. The van der Waals surface area contributed by atoms with Crippen molar-refractivity contribution in [3.8, 4) is 0 Å². The molecule has 0 aromatic heterocycles. The first-order chi connectivity index (χ1) is 8.06. The zero-order valence-corrected chi connectivity index (χ0v) is 10.3. The fourth-order valence-corrected chi connectivity index (χ4v) is 2.74.